The summed E-state index contributed by atoms with van der Waals surface area (Å²) in [6.07, 6.45) is 6.66. The standard InChI is InChI=1S/C24H24FN5O2/c1-14(2)22-29-23(32-30-22)15-7-9-16(10-8-15)31-24-18-11-12-26-20(21(18)27-13-28-24)17-5-3-4-6-19(17)25/h3-6,11-16H,7-10H2,1-2H3. The first kappa shape index (κ1) is 20.5. The first-order chi connectivity index (χ1) is 15.6. The summed E-state index contributed by atoms with van der Waals surface area (Å²) in [5, 5.41) is 4.81. The van der Waals surface area contributed by atoms with Crippen molar-refractivity contribution in [1.29, 1.82) is 0 Å². The number of hydrogen-bond acceptors (Lipinski definition) is 7. The zero-order chi connectivity index (χ0) is 22.1. The number of pyridine rings is 1. The Bertz CT molecular complexity index is 1230. The largest absolute Gasteiger partial charge is 0.474 e. The number of hydrogen-bond donors (Lipinski definition) is 0. The van der Waals surface area contributed by atoms with Gasteiger partial charge in [-0.05, 0) is 43.9 Å². The number of fused-ring (bicyclic) bond motifs is 1. The summed E-state index contributed by atoms with van der Waals surface area (Å²) in [4.78, 5) is 17.7. The van der Waals surface area contributed by atoms with Crippen LogP contribution in [-0.4, -0.2) is 31.2 Å². The Balaban J connectivity index is 1.34. The predicted molar refractivity (Wildman–Crippen MR) is 117 cm³/mol. The first-order valence-corrected chi connectivity index (χ1v) is 10.9. The van der Waals surface area contributed by atoms with Crippen LogP contribution in [0.4, 0.5) is 4.39 Å². The van der Waals surface area contributed by atoms with Crippen LogP contribution in [0.5, 0.6) is 5.88 Å². The van der Waals surface area contributed by atoms with Crippen LogP contribution in [-0.2, 0) is 0 Å². The van der Waals surface area contributed by atoms with E-state index in [4.69, 9.17) is 9.26 Å². The van der Waals surface area contributed by atoms with Crippen molar-refractivity contribution in [3.63, 3.8) is 0 Å². The molecular weight excluding hydrogens is 409 g/mol. The minimum atomic E-state index is -0.339. The molecule has 0 N–H and O–H groups in total. The van der Waals surface area contributed by atoms with Gasteiger partial charge in [0.25, 0.3) is 0 Å². The van der Waals surface area contributed by atoms with Crippen molar-refractivity contribution in [3.8, 4) is 17.1 Å². The molecule has 5 rings (SSSR count). The van der Waals surface area contributed by atoms with Crippen LogP contribution in [0.1, 0.15) is 63.1 Å². The number of aromatic nitrogens is 5. The topological polar surface area (TPSA) is 86.8 Å². The second kappa shape index (κ2) is 8.61. The average Bonchev–Trinajstić information content (AvgIpc) is 3.31. The Kier molecular flexibility index (Phi) is 5.51. The zero-order valence-corrected chi connectivity index (χ0v) is 18.0. The van der Waals surface area contributed by atoms with Crippen molar-refractivity contribution < 1.29 is 13.7 Å². The number of benzene rings is 1. The summed E-state index contributed by atoms with van der Waals surface area (Å²) in [5.74, 6) is 2.15. The van der Waals surface area contributed by atoms with Gasteiger partial charge in [-0.3, -0.25) is 4.98 Å². The molecule has 7 nitrogen and oxygen atoms in total. The Morgan fingerprint density at radius 1 is 1.03 bits per heavy atom. The van der Waals surface area contributed by atoms with Gasteiger partial charge in [-0.15, -0.1) is 0 Å². The van der Waals surface area contributed by atoms with Gasteiger partial charge in [0, 0.05) is 23.6 Å². The first-order valence-electron chi connectivity index (χ1n) is 10.9. The van der Waals surface area contributed by atoms with E-state index in [1.54, 1.807) is 24.4 Å². The van der Waals surface area contributed by atoms with E-state index in [2.05, 4.69) is 38.9 Å². The average molecular weight is 433 g/mol. The molecule has 0 radical (unpaired) electrons. The van der Waals surface area contributed by atoms with Gasteiger partial charge in [-0.1, -0.05) is 31.1 Å². The van der Waals surface area contributed by atoms with Gasteiger partial charge in [-0.25, -0.2) is 14.4 Å². The van der Waals surface area contributed by atoms with E-state index in [-0.39, 0.29) is 23.8 Å². The van der Waals surface area contributed by atoms with E-state index in [0.717, 1.165) is 42.8 Å². The zero-order valence-electron chi connectivity index (χ0n) is 18.0. The smallest absolute Gasteiger partial charge is 0.229 e. The van der Waals surface area contributed by atoms with Crippen LogP contribution in [0, 0.1) is 5.82 Å². The van der Waals surface area contributed by atoms with Crippen LogP contribution >= 0.6 is 0 Å². The van der Waals surface area contributed by atoms with Gasteiger partial charge in [-0.2, -0.15) is 4.98 Å². The van der Waals surface area contributed by atoms with Crippen molar-refractivity contribution >= 4 is 10.9 Å². The van der Waals surface area contributed by atoms with Crippen molar-refractivity contribution in [3.05, 3.63) is 60.4 Å². The van der Waals surface area contributed by atoms with Gasteiger partial charge in [0.05, 0.1) is 11.1 Å². The summed E-state index contributed by atoms with van der Waals surface area (Å²) >= 11 is 0. The normalized spacial score (nSPS) is 18.9. The molecule has 0 atom stereocenters. The lowest BCUT2D eigenvalue weighted by Gasteiger charge is -2.27. The molecule has 1 aliphatic carbocycles. The maximum Gasteiger partial charge on any atom is 0.229 e. The number of ether oxygens (including phenoxy) is 1. The van der Waals surface area contributed by atoms with Gasteiger partial charge in [0.1, 0.15) is 23.8 Å². The minimum Gasteiger partial charge on any atom is -0.474 e. The molecule has 1 fully saturated rings. The predicted octanol–water partition coefficient (Wildman–Crippen LogP) is 5.44. The highest BCUT2D eigenvalue weighted by Crippen LogP contribution is 2.36. The fourth-order valence-electron chi connectivity index (χ4n) is 4.14. The molecular formula is C24H24FN5O2. The maximum atomic E-state index is 14.4. The summed E-state index contributed by atoms with van der Waals surface area (Å²) < 4.78 is 26.1. The molecule has 32 heavy (non-hydrogen) atoms. The third kappa shape index (κ3) is 3.92. The molecule has 4 aromatic rings. The molecule has 0 saturated heterocycles. The number of rotatable bonds is 5. The van der Waals surface area contributed by atoms with Crippen LogP contribution in [0.15, 0.2) is 47.4 Å². The lowest BCUT2D eigenvalue weighted by atomic mass is 9.87. The van der Waals surface area contributed by atoms with Crippen LogP contribution in [0.3, 0.4) is 0 Å². The third-order valence-corrected chi connectivity index (χ3v) is 5.92. The Morgan fingerprint density at radius 3 is 2.59 bits per heavy atom. The molecule has 8 heteroatoms. The Hall–Kier alpha value is -3.42. The molecule has 1 saturated carbocycles. The summed E-state index contributed by atoms with van der Waals surface area (Å²) in [7, 11) is 0. The van der Waals surface area contributed by atoms with E-state index in [1.807, 2.05) is 6.07 Å². The SMILES string of the molecule is CC(C)c1noc(C2CCC(Oc3ncnc4c(-c5ccccc5F)nccc34)CC2)n1. The van der Waals surface area contributed by atoms with Gasteiger partial charge in [0.2, 0.25) is 11.8 Å². The van der Waals surface area contributed by atoms with Crippen molar-refractivity contribution in [2.75, 3.05) is 0 Å². The molecule has 164 valence electrons. The van der Waals surface area contributed by atoms with Crippen LogP contribution < -0.4 is 4.74 Å². The lowest BCUT2D eigenvalue weighted by Crippen LogP contribution is -2.24. The second-order valence-electron chi connectivity index (χ2n) is 8.45. The molecule has 0 spiro atoms. The highest BCUT2D eigenvalue weighted by atomic mass is 19.1. The summed E-state index contributed by atoms with van der Waals surface area (Å²) in [6, 6.07) is 8.36. The van der Waals surface area contributed by atoms with Crippen LogP contribution in [0.25, 0.3) is 22.2 Å². The van der Waals surface area contributed by atoms with E-state index >= 15 is 0 Å². The molecule has 0 bridgehead atoms. The number of nitrogens with zero attached hydrogens (tertiary/aromatic N) is 5. The highest BCUT2D eigenvalue weighted by Gasteiger charge is 2.28. The fraction of sp³-hybridized carbons (Fsp3) is 0.375. The molecule has 1 aliphatic rings. The summed E-state index contributed by atoms with van der Waals surface area (Å²) in [6.45, 7) is 4.11. The molecule has 0 aliphatic heterocycles. The minimum absolute atomic E-state index is 0.0296. The van der Waals surface area contributed by atoms with E-state index in [9.17, 15) is 4.39 Å². The summed E-state index contributed by atoms with van der Waals surface area (Å²) in [5.41, 5.74) is 1.46. The molecule has 3 aromatic heterocycles. The van der Waals surface area contributed by atoms with E-state index < -0.39 is 0 Å². The Labute approximate surface area is 185 Å². The number of halogens is 1. The quantitative estimate of drug-likeness (QED) is 0.414. The molecule has 0 unspecified atom stereocenters. The van der Waals surface area contributed by atoms with Crippen molar-refractivity contribution in [2.45, 2.75) is 57.5 Å². The van der Waals surface area contributed by atoms with Gasteiger partial charge < -0.3 is 9.26 Å². The molecule has 3 heterocycles. The van der Waals surface area contributed by atoms with E-state index in [1.165, 1.54) is 12.4 Å². The fourth-order valence-corrected chi connectivity index (χ4v) is 4.14. The van der Waals surface area contributed by atoms with Crippen LogP contribution in [0.2, 0.25) is 0 Å². The van der Waals surface area contributed by atoms with E-state index in [0.29, 0.717) is 22.7 Å². The lowest BCUT2D eigenvalue weighted by molar-refractivity contribution is 0.135. The van der Waals surface area contributed by atoms with Gasteiger partial charge in [0.15, 0.2) is 5.82 Å². The second-order valence-corrected chi connectivity index (χ2v) is 8.45. The monoisotopic (exact) mass is 433 g/mol. The third-order valence-electron chi connectivity index (χ3n) is 5.92. The van der Waals surface area contributed by atoms with Crippen molar-refractivity contribution in [2.24, 2.45) is 0 Å². The van der Waals surface area contributed by atoms with Gasteiger partial charge >= 0.3 is 0 Å². The van der Waals surface area contributed by atoms with Crippen molar-refractivity contribution in [1.82, 2.24) is 25.1 Å². The molecule has 0 amide bonds. The molecule has 1 aromatic carbocycles. The Morgan fingerprint density at radius 2 is 1.84 bits per heavy atom. The maximum absolute atomic E-state index is 14.4. The highest BCUT2D eigenvalue weighted by molar-refractivity contribution is 5.93.